The Morgan fingerprint density at radius 2 is 2.05 bits per heavy atom. The second-order valence-corrected chi connectivity index (χ2v) is 11.4. The number of esters is 1. The number of carbonyl (C=O) groups is 2. The number of anilines is 1. The molecule has 0 unspecified atom stereocenters. The second-order valence-electron chi connectivity index (χ2n) is 10.0. The van der Waals surface area contributed by atoms with Gasteiger partial charge in [0.05, 0.1) is 53.7 Å². The number of methoxy groups -OCH3 is 1. The summed E-state index contributed by atoms with van der Waals surface area (Å²) in [4.78, 5) is 42.8. The van der Waals surface area contributed by atoms with Crippen LogP contribution in [0.1, 0.15) is 41.9 Å². The molecular formula is C26H25ClN6O5S. The molecule has 0 bridgehead atoms. The van der Waals surface area contributed by atoms with Crippen LogP contribution < -0.4 is 15.4 Å². The lowest BCUT2D eigenvalue weighted by atomic mass is 9.68. The van der Waals surface area contributed by atoms with Gasteiger partial charge < -0.3 is 24.8 Å². The van der Waals surface area contributed by atoms with E-state index < -0.39 is 5.41 Å². The molecule has 13 heteroatoms. The summed E-state index contributed by atoms with van der Waals surface area (Å²) in [6.45, 7) is 4.60. The highest BCUT2D eigenvalue weighted by atomic mass is 35.5. The number of nitrogens with one attached hydrogen (secondary N) is 2. The zero-order chi connectivity index (χ0) is 27.3. The summed E-state index contributed by atoms with van der Waals surface area (Å²) in [5, 5.41) is 7.26. The number of ether oxygens (including phenoxy) is 3. The Morgan fingerprint density at radius 1 is 1.23 bits per heavy atom. The molecule has 6 rings (SSSR count). The average Bonchev–Trinajstić information content (AvgIpc) is 3.22. The van der Waals surface area contributed by atoms with Gasteiger partial charge in [-0.05, 0) is 50.4 Å². The summed E-state index contributed by atoms with van der Waals surface area (Å²) in [7, 11) is 1.39. The number of carbonyl (C=O) groups excluding carboxylic acids is 2. The topological polar surface area (TPSA) is 137 Å². The number of rotatable bonds is 6. The van der Waals surface area contributed by atoms with Gasteiger partial charge in [-0.2, -0.15) is 4.98 Å². The first kappa shape index (κ1) is 25.7. The van der Waals surface area contributed by atoms with Crippen molar-refractivity contribution in [2.24, 2.45) is 5.41 Å². The fourth-order valence-electron chi connectivity index (χ4n) is 4.97. The Hall–Kier alpha value is -3.61. The van der Waals surface area contributed by atoms with E-state index in [-0.39, 0.29) is 47.7 Å². The van der Waals surface area contributed by atoms with Crippen LogP contribution >= 0.6 is 22.9 Å². The summed E-state index contributed by atoms with van der Waals surface area (Å²) in [6.07, 6.45) is 4.09. The van der Waals surface area contributed by atoms with E-state index in [1.807, 2.05) is 26.0 Å². The van der Waals surface area contributed by atoms with Crippen LogP contribution in [0.2, 0.25) is 5.28 Å². The minimum absolute atomic E-state index is 0.00716. The fourth-order valence-corrected chi connectivity index (χ4v) is 6.18. The number of hydrogen-bond acceptors (Lipinski definition) is 11. The molecule has 0 radical (unpaired) electrons. The van der Waals surface area contributed by atoms with Gasteiger partial charge in [-0.25, -0.2) is 15.0 Å². The highest BCUT2D eigenvalue weighted by molar-refractivity contribution is 7.21. The summed E-state index contributed by atoms with van der Waals surface area (Å²) in [6, 6.07) is 3.78. The number of amides is 1. The van der Waals surface area contributed by atoms with Crippen molar-refractivity contribution in [3.8, 4) is 11.8 Å². The van der Waals surface area contributed by atoms with Crippen molar-refractivity contribution < 1.29 is 23.8 Å². The lowest BCUT2D eigenvalue weighted by molar-refractivity contribution is -0.169. The molecule has 1 saturated carbocycles. The molecule has 1 aromatic carbocycles. The molecule has 2 aliphatic rings. The lowest BCUT2D eigenvalue weighted by Gasteiger charge is -2.42. The van der Waals surface area contributed by atoms with Gasteiger partial charge >= 0.3 is 5.97 Å². The van der Waals surface area contributed by atoms with Crippen LogP contribution in [0.4, 0.5) is 5.69 Å². The number of thiophene rings is 1. The molecule has 39 heavy (non-hydrogen) atoms. The Balaban J connectivity index is 1.24. The van der Waals surface area contributed by atoms with Gasteiger partial charge in [0.25, 0.3) is 5.91 Å². The van der Waals surface area contributed by atoms with E-state index >= 15 is 0 Å². The van der Waals surface area contributed by atoms with Crippen LogP contribution in [-0.2, 0) is 20.9 Å². The van der Waals surface area contributed by atoms with Crippen molar-refractivity contribution in [2.45, 2.75) is 45.4 Å². The monoisotopic (exact) mass is 568 g/mol. The van der Waals surface area contributed by atoms with Crippen molar-refractivity contribution in [1.29, 1.82) is 0 Å². The second kappa shape index (κ2) is 9.85. The van der Waals surface area contributed by atoms with E-state index in [2.05, 4.69) is 30.6 Å². The third kappa shape index (κ3) is 4.72. The van der Waals surface area contributed by atoms with Crippen molar-refractivity contribution >= 4 is 61.6 Å². The predicted molar refractivity (Wildman–Crippen MR) is 145 cm³/mol. The third-order valence-corrected chi connectivity index (χ3v) is 8.35. The maximum atomic E-state index is 12.7. The molecule has 11 nitrogen and oxygen atoms in total. The average molecular weight is 569 g/mol. The Morgan fingerprint density at radius 3 is 2.85 bits per heavy atom. The SMILES string of the molecule is COC(=O)C1(C)CC(OCc2cnc(Cl)nc2Oc2cnc3c(ccc4sc5c(c43)NC[C@@H](C)NC5=O)n2)C1. The van der Waals surface area contributed by atoms with Crippen LogP contribution in [0.25, 0.3) is 21.1 Å². The summed E-state index contributed by atoms with van der Waals surface area (Å²) in [5.41, 5.74) is 2.09. The quantitative estimate of drug-likeness (QED) is 0.253. The first-order valence-electron chi connectivity index (χ1n) is 12.4. The molecule has 0 spiro atoms. The van der Waals surface area contributed by atoms with E-state index in [4.69, 9.17) is 25.8 Å². The number of halogens is 1. The normalized spacial score (nSPS) is 22.4. The molecule has 4 aromatic rings. The molecule has 1 amide bonds. The molecular weight excluding hydrogens is 544 g/mol. The van der Waals surface area contributed by atoms with Gasteiger partial charge in [0.2, 0.25) is 17.0 Å². The van der Waals surface area contributed by atoms with Crippen molar-refractivity contribution in [1.82, 2.24) is 25.3 Å². The summed E-state index contributed by atoms with van der Waals surface area (Å²) < 4.78 is 17.8. The zero-order valence-electron chi connectivity index (χ0n) is 21.4. The van der Waals surface area contributed by atoms with E-state index in [1.54, 1.807) is 6.20 Å². The maximum absolute atomic E-state index is 12.7. The Kier molecular flexibility index (Phi) is 6.48. The van der Waals surface area contributed by atoms with Crippen LogP contribution in [-0.4, -0.2) is 57.6 Å². The smallest absolute Gasteiger partial charge is 0.311 e. The lowest BCUT2D eigenvalue weighted by Crippen LogP contribution is -2.46. The maximum Gasteiger partial charge on any atom is 0.311 e. The van der Waals surface area contributed by atoms with E-state index in [1.165, 1.54) is 24.6 Å². The van der Waals surface area contributed by atoms with Crippen LogP contribution in [0.3, 0.4) is 0 Å². The van der Waals surface area contributed by atoms with Crippen molar-refractivity contribution in [3.05, 3.63) is 40.3 Å². The number of hydrogen-bond donors (Lipinski definition) is 2. The molecule has 4 heterocycles. The number of nitrogens with zero attached hydrogens (tertiary/aromatic N) is 4. The van der Waals surface area contributed by atoms with Gasteiger partial charge in [0, 0.05) is 28.9 Å². The molecule has 3 aromatic heterocycles. The fraction of sp³-hybridized carbons (Fsp3) is 0.385. The minimum Gasteiger partial charge on any atom is -0.469 e. The van der Waals surface area contributed by atoms with Crippen LogP contribution in [0.15, 0.2) is 24.5 Å². The van der Waals surface area contributed by atoms with Crippen LogP contribution in [0.5, 0.6) is 11.8 Å². The van der Waals surface area contributed by atoms with Gasteiger partial charge in [0.1, 0.15) is 4.88 Å². The molecule has 202 valence electrons. The van der Waals surface area contributed by atoms with E-state index in [0.29, 0.717) is 40.9 Å². The van der Waals surface area contributed by atoms with Crippen molar-refractivity contribution in [2.75, 3.05) is 19.0 Å². The van der Waals surface area contributed by atoms with E-state index in [0.717, 1.165) is 15.8 Å². The number of fused-ring (bicyclic) bond motifs is 5. The van der Waals surface area contributed by atoms with E-state index in [9.17, 15) is 9.59 Å². The first-order valence-corrected chi connectivity index (χ1v) is 13.6. The molecule has 0 saturated heterocycles. The molecule has 1 aliphatic carbocycles. The predicted octanol–water partition coefficient (Wildman–Crippen LogP) is 4.48. The van der Waals surface area contributed by atoms with Gasteiger partial charge in [-0.15, -0.1) is 11.3 Å². The highest BCUT2D eigenvalue weighted by Gasteiger charge is 2.48. The number of aromatic nitrogens is 4. The summed E-state index contributed by atoms with van der Waals surface area (Å²) >= 11 is 7.47. The largest absolute Gasteiger partial charge is 0.469 e. The number of benzene rings is 1. The zero-order valence-corrected chi connectivity index (χ0v) is 23.0. The van der Waals surface area contributed by atoms with Crippen LogP contribution in [0, 0.1) is 5.41 Å². The van der Waals surface area contributed by atoms with Gasteiger partial charge in [-0.1, -0.05) is 0 Å². The van der Waals surface area contributed by atoms with Gasteiger partial charge in [-0.3, -0.25) is 9.59 Å². The Labute approximate surface area is 232 Å². The molecule has 1 atom stereocenters. The molecule has 1 aliphatic heterocycles. The van der Waals surface area contributed by atoms with Gasteiger partial charge in [0.15, 0.2) is 0 Å². The molecule has 2 N–H and O–H groups in total. The van der Waals surface area contributed by atoms with Crippen molar-refractivity contribution in [3.63, 3.8) is 0 Å². The molecule has 1 fully saturated rings. The third-order valence-electron chi connectivity index (χ3n) is 7.02. The minimum atomic E-state index is -0.528. The first-order chi connectivity index (χ1) is 18.7. The summed E-state index contributed by atoms with van der Waals surface area (Å²) in [5.74, 6) is 0.0920. The Bertz CT molecular complexity index is 1620. The standard InChI is InChI=1S/C26H25ClN6O5S/c1-12-8-28-20-18-16(39-21(20)22(34)31-12)5-4-15-19(18)29-10-17(32-15)38-23-13(9-30-25(27)33-23)11-37-14-6-26(2,7-14)24(35)36-3/h4-5,9-10,12,14,28H,6-8,11H2,1-3H3,(H,31,34)/t12-,14?,26?/m1/s1. The highest BCUT2D eigenvalue weighted by Crippen LogP contribution is 2.44.